The lowest BCUT2D eigenvalue weighted by Crippen LogP contribution is -2.37. The summed E-state index contributed by atoms with van der Waals surface area (Å²) >= 11 is 0. The van der Waals surface area contributed by atoms with Crippen LogP contribution in [0.5, 0.6) is 11.5 Å². The molecule has 0 bridgehead atoms. The van der Waals surface area contributed by atoms with Gasteiger partial charge in [-0.2, -0.15) is 0 Å². The number of benzene rings is 1. The Balaban J connectivity index is 2.80. The van der Waals surface area contributed by atoms with Crippen LogP contribution in [0.1, 0.15) is 92.1 Å². The highest BCUT2D eigenvalue weighted by molar-refractivity contribution is 5.77. The summed E-state index contributed by atoms with van der Waals surface area (Å²) in [6, 6.07) is 3.64. The van der Waals surface area contributed by atoms with Gasteiger partial charge in [0.25, 0.3) is 0 Å². The lowest BCUT2D eigenvalue weighted by Gasteiger charge is -2.23. The van der Waals surface area contributed by atoms with E-state index in [-0.39, 0.29) is 37.4 Å². The van der Waals surface area contributed by atoms with E-state index in [0.29, 0.717) is 24.8 Å². The Kier molecular flexibility index (Phi) is 14.4. The second kappa shape index (κ2) is 16.7. The predicted octanol–water partition coefficient (Wildman–Crippen LogP) is 5.02. The van der Waals surface area contributed by atoms with Gasteiger partial charge < -0.3 is 29.4 Å². The molecule has 0 saturated carbocycles. The van der Waals surface area contributed by atoms with Gasteiger partial charge in [0, 0.05) is 12.8 Å². The summed E-state index contributed by atoms with van der Waals surface area (Å²) in [5.41, 5.74) is 5.96. The number of carbonyl (C=O) groups excluding carboxylic acids is 4. The molecular weight excluding hydrogens is 494 g/mol. The van der Waals surface area contributed by atoms with Crippen LogP contribution in [0.15, 0.2) is 18.2 Å². The largest absolute Gasteiger partial charge is 0.508 e. The third kappa shape index (κ3) is 12.9. The average molecular weight is 538 g/mol. The molecule has 2 N–H and O–H groups in total. The first kappa shape index (κ1) is 32.9. The molecule has 0 aromatic heterocycles. The van der Waals surface area contributed by atoms with Crippen molar-refractivity contribution in [2.75, 3.05) is 6.61 Å². The zero-order chi connectivity index (χ0) is 28.7. The van der Waals surface area contributed by atoms with Gasteiger partial charge in [-0.1, -0.05) is 39.7 Å². The zero-order valence-electron chi connectivity index (χ0n) is 23.5. The smallest absolute Gasteiger partial charge is 0.458 e. The molecule has 38 heavy (non-hydrogen) atoms. The lowest BCUT2D eigenvalue weighted by molar-refractivity contribution is -0.152. The zero-order valence-corrected chi connectivity index (χ0v) is 23.5. The van der Waals surface area contributed by atoms with Crippen molar-refractivity contribution in [3.8, 4) is 11.5 Å². The minimum Gasteiger partial charge on any atom is -0.458 e. The molecule has 1 aromatic carbocycles. The molecular formula is C28H43NO9. The molecule has 2 atom stereocenters. The van der Waals surface area contributed by atoms with Crippen LogP contribution in [-0.2, 0) is 35.0 Å². The van der Waals surface area contributed by atoms with E-state index in [1.54, 1.807) is 26.8 Å². The fourth-order valence-electron chi connectivity index (χ4n) is 3.00. The van der Waals surface area contributed by atoms with Crippen molar-refractivity contribution in [1.29, 1.82) is 0 Å². The molecule has 0 aliphatic carbocycles. The lowest BCUT2D eigenvalue weighted by atomic mass is 10.1. The molecule has 1 rings (SSSR count). The number of hydrogen-bond acceptors (Lipinski definition) is 10. The second-order valence-corrected chi connectivity index (χ2v) is 9.77. The van der Waals surface area contributed by atoms with Crippen LogP contribution in [0.3, 0.4) is 0 Å². The van der Waals surface area contributed by atoms with Crippen LogP contribution in [0.2, 0.25) is 0 Å². The maximum Gasteiger partial charge on any atom is 0.508 e. The van der Waals surface area contributed by atoms with Crippen molar-refractivity contribution in [3.63, 3.8) is 0 Å². The van der Waals surface area contributed by atoms with Crippen molar-refractivity contribution in [3.05, 3.63) is 23.8 Å². The molecule has 1 aromatic rings. The monoisotopic (exact) mass is 537 g/mol. The molecule has 0 unspecified atom stereocenters. The van der Waals surface area contributed by atoms with E-state index in [2.05, 4.69) is 0 Å². The van der Waals surface area contributed by atoms with Crippen LogP contribution >= 0.6 is 0 Å². The first-order valence-electron chi connectivity index (χ1n) is 13.3. The molecule has 10 heteroatoms. The molecule has 10 nitrogen and oxygen atoms in total. The van der Waals surface area contributed by atoms with Gasteiger partial charge in [0.05, 0.1) is 0 Å². The van der Waals surface area contributed by atoms with Crippen molar-refractivity contribution in [2.45, 2.75) is 111 Å². The maximum atomic E-state index is 12.5. The SMILES string of the molecule is CCCCC(=O)Oc1ccc(C[C@H](N)C(=O)O[C@@H](C)COC(=O)OC(C)(C)CC)cc1OC(=O)CCCC. The fourth-order valence-corrected chi connectivity index (χ4v) is 3.00. The number of hydrogen-bond donors (Lipinski definition) is 1. The van der Waals surface area contributed by atoms with E-state index >= 15 is 0 Å². The van der Waals surface area contributed by atoms with E-state index in [9.17, 15) is 19.2 Å². The third-order valence-electron chi connectivity index (χ3n) is 5.65. The molecule has 214 valence electrons. The van der Waals surface area contributed by atoms with E-state index in [1.165, 1.54) is 12.1 Å². The number of esters is 3. The van der Waals surface area contributed by atoms with Crippen molar-refractivity contribution in [2.24, 2.45) is 5.73 Å². The Morgan fingerprint density at radius 2 is 1.50 bits per heavy atom. The third-order valence-corrected chi connectivity index (χ3v) is 5.65. The molecule has 0 spiro atoms. The first-order valence-corrected chi connectivity index (χ1v) is 13.3. The van der Waals surface area contributed by atoms with Gasteiger partial charge in [0.1, 0.15) is 24.4 Å². The summed E-state index contributed by atoms with van der Waals surface area (Å²) in [7, 11) is 0. The normalized spacial score (nSPS) is 12.7. The number of carbonyl (C=O) groups is 4. The topological polar surface area (TPSA) is 140 Å². The van der Waals surface area contributed by atoms with Crippen LogP contribution in [0, 0.1) is 0 Å². The molecule has 0 fully saturated rings. The Hall–Kier alpha value is -3.14. The van der Waals surface area contributed by atoms with Crippen LogP contribution < -0.4 is 15.2 Å². The highest BCUT2D eigenvalue weighted by Gasteiger charge is 2.24. The van der Waals surface area contributed by atoms with E-state index in [4.69, 9.17) is 29.4 Å². The number of ether oxygens (including phenoxy) is 5. The van der Waals surface area contributed by atoms with Gasteiger partial charge in [-0.15, -0.1) is 0 Å². The summed E-state index contributed by atoms with van der Waals surface area (Å²) < 4.78 is 26.4. The average Bonchev–Trinajstić information content (AvgIpc) is 2.86. The van der Waals surface area contributed by atoms with Gasteiger partial charge in [0.15, 0.2) is 11.5 Å². The van der Waals surface area contributed by atoms with Crippen LogP contribution in [-0.4, -0.2) is 48.4 Å². The number of unbranched alkanes of at least 4 members (excludes halogenated alkanes) is 2. The van der Waals surface area contributed by atoms with Crippen molar-refractivity contribution >= 4 is 24.1 Å². The van der Waals surface area contributed by atoms with E-state index < -0.39 is 41.8 Å². The highest BCUT2D eigenvalue weighted by Crippen LogP contribution is 2.30. The van der Waals surface area contributed by atoms with Crippen molar-refractivity contribution < 1.29 is 42.9 Å². The van der Waals surface area contributed by atoms with Gasteiger partial charge in [0.2, 0.25) is 0 Å². The van der Waals surface area contributed by atoms with Crippen LogP contribution in [0.25, 0.3) is 0 Å². The summed E-state index contributed by atoms with van der Waals surface area (Å²) in [5.74, 6) is -1.36. The molecule has 0 aliphatic rings. The quantitative estimate of drug-likeness (QED) is 0.226. The second-order valence-electron chi connectivity index (χ2n) is 9.77. The highest BCUT2D eigenvalue weighted by atomic mass is 16.7. The van der Waals surface area contributed by atoms with Gasteiger partial charge in [-0.05, 0) is 64.2 Å². The summed E-state index contributed by atoms with van der Waals surface area (Å²) in [5, 5.41) is 0. The standard InChI is InChI=1S/C28H43NO9/c1-7-10-12-24(30)36-22-15-14-20(17-23(22)37-25(31)13-11-8-2)16-21(29)26(32)35-19(4)18-34-27(33)38-28(5,6)9-3/h14-15,17,19,21H,7-13,16,18,29H2,1-6H3/t19-,21-/m0/s1. The van der Waals surface area contributed by atoms with Gasteiger partial charge in [-0.3, -0.25) is 14.4 Å². The molecule has 0 heterocycles. The first-order chi connectivity index (χ1) is 17.9. The summed E-state index contributed by atoms with van der Waals surface area (Å²) in [6.45, 7) is 10.7. The molecule has 0 amide bonds. The Morgan fingerprint density at radius 3 is 2.05 bits per heavy atom. The number of rotatable bonds is 16. The van der Waals surface area contributed by atoms with Gasteiger partial charge in [-0.25, -0.2) is 4.79 Å². The Bertz CT molecular complexity index is 929. The van der Waals surface area contributed by atoms with E-state index in [1.807, 2.05) is 20.8 Å². The minimum atomic E-state index is -1.04. The Labute approximate surface area is 225 Å². The van der Waals surface area contributed by atoms with Crippen molar-refractivity contribution in [1.82, 2.24) is 0 Å². The molecule has 0 radical (unpaired) electrons. The molecule has 0 aliphatic heterocycles. The maximum absolute atomic E-state index is 12.5. The van der Waals surface area contributed by atoms with Crippen LogP contribution in [0.4, 0.5) is 4.79 Å². The summed E-state index contributed by atoms with van der Waals surface area (Å²) in [4.78, 5) is 48.7. The number of nitrogens with two attached hydrogens (primary N) is 1. The van der Waals surface area contributed by atoms with E-state index in [0.717, 1.165) is 12.8 Å². The van der Waals surface area contributed by atoms with Gasteiger partial charge >= 0.3 is 24.1 Å². The Morgan fingerprint density at radius 1 is 0.921 bits per heavy atom. The molecule has 0 saturated heterocycles. The minimum absolute atomic E-state index is 0.0721. The predicted molar refractivity (Wildman–Crippen MR) is 141 cm³/mol. The summed E-state index contributed by atoms with van der Waals surface area (Å²) in [6.07, 6.45) is 2.57. The fraction of sp³-hybridized carbons (Fsp3) is 0.643.